The van der Waals surface area contributed by atoms with E-state index in [-0.39, 0.29) is 5.91 Å². The second-order valence-corrected chi connectivity index (χ2v) is 6.05. The Morgan fingerprint density at radius 1 is 1.32 bits per heavy atom. The molecule has 1 amide bonds. The van der Waals surface area contributed by atoms with Crippen molar-refractivity contribution >= 4 is 5.91 Å². The van der Waals surface area contributed by atoms with Crippen LogP contribution in [0.4, 0.5) is 0 Å². The van der Waals surface area contributed by atoms with Gasteiger partial charge in [0.2, 0.25) is 0 Å². The summed E-state index contributed by atoms with van der Waals surface area (Å²) in [4.78, 5) is 12.7. The molecule has 0 bridgehead atoms. The zero-order valence-corrected chi connectivity index (χ0v) is 14.2. The Hall–Kier alpha value is -3.08. The first-order chi connectivity index (χ1) is 12.1. The van der Waals surface area contributed by atoms with Crippen LogP contribution in [-0.2, 0) is 0 Å². The lowest BCUT2D eigenvalue weighted by molar-refractivity contribution is 0.0951. The van der Waals surface area contributed by atoms with Gasteiger partial charge in [-0.1, -0.05) is 6.07 Å². The monoisotopic (exact) mass is 337 g/mol. The summed E-state index contributed by atoms with van der Waals surface area (Å²) in [5.74, 6) is 2.42. The van der Waals surface area contributed by atoms with Gasteiger partial charge >= 0.3 is 0 Å². The zero-order chi connectivity index (χ0) is 17.9. The van der Waals surface area contributed by atoms with Crippen molar-refractivity contribution in [3.05, 3.63) is 35.2 Å². The molecule has 0 saturated heterocycles. The second-order valence-electron chi connectivity index (χ2n) is 6.05. The Bertz CT molecular complexity index is 843. The molecule has 8 nitrogen and oxygen atoms in total. The predicted octanol–water partition coefficient (Wildman–Crippen LogP) is 1.97. The Morgan fingerprint density at radius 2 is 2.12 bits per heavy atom. The molecule has 2 aromatic rings. The maximum atomic E-state index is 12.7. The fourth-order valence-electron chi connectivity index (χ4n) is 2.68. The summed E-state index contributed by atoms with van der Waals surface area (Å²) >= 11 is 0. The van der Waals surface area contributed by atoms with E-state index >= 15 is 0 Å². The number of hydrogen-bond donors (Lipinski definition) is 1. The number of nitrogens with zero attached hydrogens (tertiary/aromatic N) is 6. The number of rotatable bonds is 7. The first-order valence-corrected chi connectivity index (χ1v) is 8.05. The molecule has 0 spiro atoms. The van der Waals surface area contributed by atoms with E-state index in [0.717, 1.165) is 17.5 Å². The third-order valence-electron chi connectivity index (χ3n) is 4.39. The van der Waals surface area contributed by atoms with Crippen LogP contribution in [0, 0.1) is 26.2 Å². The fourth-order valence-corrected chi connectivity index (χ4v) is 2.68. The smallest absolute Gasteiger partial charge is 0.253 e. The highest BCUT2D eigenvalue weighted by Gasteiger charge is 2.38. The molecular formula is C17H19N7O. The number of benzene rings is 1. The van der Waals surface area contributed by atoms with Crippen molar-refractivity contribution in [2.75, 3.05) is 6.54 Å². The van der Waals surface area contributed by atoms with Crippen molar-refractivity contribution in [3.63, 3.8) is 0 Å². The van der Waals surface area contributed by atoms with Crippen molar-refractivity contribution in [3.8, 4) is 18.0 Å². The average molecular weight is 337 g/mol. The zero-order valence-electron chi connectivity index (χ0n) is 14.2. The molecule has 0 aliphatic carbocycles. The Balaban J connectivity index is 1.71. The molecule has 1 aromatic carbocycles. The maximum absolute atomic E-state index is 12.7. The number of tetrazole rings is 1. The minimum Gasteiger partial charge on any atom is -0.352 e. The first kappa shape index (κ1) is 16.8. The molecule has 1 aliphatic heterocycles. The number of carbonyl (C=O) groups excluding carboxylic acids is 1. The molecular weight excluding hydrogens is 318 g/mol. The van der Waals surface area contributed by atoms with Crippen LogP contribution in [0.2, 0.25) is 0 Å². The Morgan fingerprint density at radius 3 is 2.76 bits per heavy atom. The maximum Gasteiger partial charge on any atom is 0.253 e. The molecule has 1 aromatic heterocycles. The molecule has 25 heavy (non-hydrogen) atoms. The number of hydrogen-bond acceptors (Lipinski definition) is 6. The summed E-state index contributed by atoms with van der Waals surface area (Å²) in [6.45, 7) is 4.40. The summed E-state index contributed by atoms with van der Waals surface area (Å²) in [5, 5.41) is 22.3. The quantitative estimate of drug-likeness (QED) is 0.781. The van der Waals surface area contributed by atoms with Gasteiger partial charge in [0.25, 0.3) is 5.91 Å². The molecule has 0 radical (unpaired) electrons. The number of aromatic nitrogens is 4. The van der Waals surface area contributed by atoms with Gasteiger partial charge in [-0.3, -0.25) is 4.79 Å². The number of carbonyl (C=O) groups is 1. The van der Waals surface area contributed by atoms with E-state index in [9.17, 15) is 4.79 Å². The molecule has 128 valence electrons. The highest BCUT2D eigenvalue weighted by Crippen LogP contribution is 2.36. The van der Waals surface area contributed by atoms with Crippen molar-refractivity contribution in [2.24, 2.45) is 10.2 Å². The molecule has 0 unspecified atom stereocenters. The molecule has 2 heterocycles. The van der Waals surface area contributed by atoms with E-state index in [1.54, 1.807) is 6.07 Å². The third-order valence-corrected chi connectivity index (χ3v) is 4.39. The van der Waals surface area contributed by atoms with Crippen LogP contribution in [0.3, 0.4) is 0 Å². The van der Waals surface area contributed by atoms with Crippen LogP contribution in [0.1, 0.15) is 40.7 Å². The minimum absolute atomic E-state index is 0.179. The van der Waals surface area contributed by atoms with Gasteiger partial charge in [-0.15, -0.1) is 17.4 Å². The van der Waals surface area contributed by atoms with Crippen LogP contribution in [0.25, 0.3) is 5.69 Å². The van der Waals surface area contributed by atoms with E-state index < -0.39 is 5.66 Å². The largest absolute Gasteiger partial charge is 0.352 e. The van der Waals surface area contributed by atoms with Gasteiger partial charge in [0.05, 0.1) is 11.3 Å². The highest BCUT2D eigenvalue weighted by molar-refractivity contribution is 5.98. The van der Waals surface area contributed by atoms with Crippen molar-refractivity contribution in [1.29, 1.82) is 0 Å². The van der Waals surface area contributed by atoms with Gasteiger partial charge in [0, 0.05) is 25.8 Å². The van der Waals surface area contributed by atoms with Gasteiger partial charge in [-0.25, -0.2) is 0 Å². The van der Waals surface area contributed by atoms with Gasteiger partial charge < -0.3 is 5.32 Å². The molecule has 1 aliphatic rings. The van der Waals surface area contributed by atoms with E-state index in [1.807, 2.05) is 19.9 Å². The lowest BCUT2D eigenvalue weighted by atomic mass is 10.0. The highest BCUT2D eigenvalue weighted by atomic mass is 16.1. The van der Waals surface area contributed by atoms with Crippen LogP contribution < -0.4 is 5.32 Å². The van der Waals surface area contributed by atoms with Crippen LogP contribution in [0.5, 0.6) is 0 Å². The lowest BCUT2D eigenvalue weighted by Gasteiger charge is -2.14. The molecule has 8 heteroatoms. The lowest BCUT2D eigenvalue weighted by Crippen LogP contribution is -2.29. The third kappa shape index (κ3) is 3.55. The van der Waals surface area contributed by atoms with Crippen LogP contribution in [-0.4, -0.2) is 38.3 Å². The van der Waals surface area contributed by atoms with Crippen LogP contribution in [0.15, 0.2) is 28.7 Å². The van der Waals surface area contributed by atoms with Crippen molar-refractivity contribution < 1.29 is 4.79 Å². The van der Waals surface area contributed by atoms with E-state index in [4.69, 9.17) is 6.42 Å². The fraction of sp³-hybridized carbons (Fsp3) is 0.412. The van der Waals surface area contributed by atoms with Gasteiger partial charge in [0.1, 0.15) is 6.33 Å². The van der Waals surface area contributed by atoms with Gasteiger partial charge in [-0.2, -0.15) is 14.9 Å². The SMILES string of the molecule is C#CCCC1(CCNC(=O)c2ccc(C)c(C)c2-n2cnnn2)N=N1. The second kappa shape index (κ2) is 6.81. The Kier molecular flexibility index (Phi) is 4.57. The van der Waals surface area contributed by atoms with E-state index in [0.29, 0.717) is 30.6 Å². The summed E-state index contributed by atoms with van der Waals surface area (Å²) in [6, 6.07) is 3.70. The van der Waals surface area contributed by atoms with E-state index in [2.05, 4.69) is 37.0 Å². The number of terminal acetylenes is 1. The summed E-state index contributed by atoms with van der Waals surface area (Å²) < 4.78 is 1.51. The van der Waals surface area contributed by atoms with Crippen LogP contribution >= 0.6 is 0 Å². The first-order valence-electron chi connectivity index (χ1n) is 8.05. The summed E-state index contributed by atoms with van der Waals surface area (Å²) in [6.07, 6.45) is 8.76. The van der Waals surface area contributed by atoms with Crippen molar-refractivity contribution in [1.82, 2.24) is 25.5 Å². The number of amides is 1. The molecule has 0 atom stereocenters. The van der Waals surface area contributed by atoms with Gasteiger partial charge in [0.15, 0.2) is 5.66 Å². The Labute approximate surface area is 145 Å². The summed E-state index contributed by atoms with van der Waals surface area (Å²) in [7, 11) is 0. The topological polar surface area (TPSA) is 97.4 Å². The molecule has 3 rings (SSSR count). The average Bonchev–Trinajstić information content (AvgIpc) is 3.16. The standard InChI is InChI=1S/C17H19N7O/c1-4-5-8-17(20-21-17)9-10-18-16(25)14-7-6-12(2)13(3)15(14)24-11-19-22-23-24/h1,6-7,11H,5,8-10H2,2-3H3,(H,18,25). The number of nitrogens with one attached hydrogen (secondary N) is 1. The molecule has 0 saturated carbocycles. The molecule has 0 fully saturated rings. The predicted molar refractivity (Wildman–Crippen MR) is 91.2 cm³/mol. The molecule has 1 N–H and O–H groups in total. The van der Waals surface area contributed by atoms with E-state index in [1.165, 1.54) is 11.0 Å². The van der Waals surface area contributed by atoms with Gasteiger partial charge in [-0.05, 0) is 41.5 Å². The van der Waals surface area contributed by atoms with Crippen molar-refractivity contribution in [2.45, 2.75) is 38.8 Å². The minimum atomic E-state index is -0.401. The normalized spacial score (nSPS) is 14.1. The number of aryl methyl sites for hydroxylation is 1. The summed E-state index contributed by atoms with van der Waals surface area (Å²) in [5.41, 5.74) is 2.83.